The maximum Gasteiger partial charge on any atom is 0.130 e. The largest absolute Gasteiger partial charge is 0.464 e. The van der Waals surface area contributed by atoms with Gasteiger partial charge in [0.2, 0.25) is 0 Å². The number of allylic oxidation sites excluding steroid dienone is 1. The number of aryl methyl sites for hydroxylation is 2. The molecule has 110 valence electrons. The quantitative estimate of drug-likeness (QED) is 0.637. The van der Waals surface area contributed by atoms with Crippen molar-refractivity contribution in [1.82, 2.24) is 0 Å². The van der Waals surface area contributed by atoms with Gasteiger partial charge in [-0.05, 0) is 55.0 Å². The van der Waals surface area contributed by atoms with Crippen LogP contribution in [0.4, 0.5) is 0 Å². The zero-order chi connectivity index (χ0) is 15.4. The van der Waals surface area contributed by atoms with E-state index in [4.69, 9.17) is 4.74 Å². The zero-order valence-corrected chi connectivity index (χ0v) is 13.6. The van der Waals surface area contributed by atoms with Gasteiger partial charge in [0.05, 0.1) is 6.26 Å². The van der Waals surface area contributed by atoms with Gasteiger partial charge in [-0.2, -0.15) is 0 Å². The Morgan fingerprint density at radius 2 is 1.57 bits per heavy atom. The lowest BCUT2D eigenvalue weighted by Gasteiger charge is -2.13. The highest BCUT2D eigenvalue weighted by Gasteiger charge is 2.07. The van der Waals surface area contributed by atoms with E-state index < -0.39 is 0 Å². The van der Waals surface area contributed by atoms with Crippen molar-refractivity contribution in [1.29, 1.82) is 0 Å². The van der Waals surface area contributed by atoms with Crippen LogP contribution in [0.3, 0.4) is 0 Å². The molecule has 0 aliphatic heterocycles. The van der Waals surface area contributed by atoms with E-state index in [-0.39, 0.29) is 0 Å². The van der Waals surface area contributed by atoms with E-state index >= 15 is 0 Å². The molecule has 0 heterocycles. The first-order valence-corrected chi connectivity index (χ1v) is 7.48. The van der Waals surface area contributed by atoms with Crippen LogP contribution in [-0.4, -0.2) is 0 Å². The molecule has 1 nitrogen and oxygen atoms in total. The first-order valence-electron chi connectivity index (χ1n) is 7.48. The molecule has 0 amide bonds. The van der Waals surface area contributed by atoms with Crippen LogP contribution in [0.15, 0.2) is 48.7 Å². The monoisotopic (exact) mass is 280 g/mol. The van der Waals surface area contributed by atoms with Gasteiger partial charge in [0.25, 0.3) is 0 Å². The SMILES string of the molecule is C/C(=C\Oc1cc(C)ccc1C(C)C)c1ccc(C)cc1. The highest BCUT2D eigenvalue weighted by molar-refractivity contribution is 5.63. The predicted molar refractivity (Wildman–Crippen MR) is 90.7 cm³/mol. The minimum absolute atomic E-state index is 0.452. The molecule has 0 radical (unpaired) electrons. The molecule has 0 spiro atoms. The fraction of sp³-hybridized carbons (Fsp3) is 0.300. The molecule has 2 aromatic rings. The summed E-state index contributed by atoms with van der Waals surface area (Å²) in [6, 6.07) is 14.9. The molecule has 0 bridgehead atoms. The molecule has 0 saturated heterocycles. The minimum Gasteiger partial charge on any atom is -0.464 e. The molecule has 0 N–H and O–H groups in total. The van der Waals surface area contributed by atoms with Gasteiger partial charge in [-0.1, -0.05) is 55.8 Å². The van der Waals surface area contributed by atoms with E-state index in [0.29, 0.717) is 5.92 Å². The minimum atomic E-state index is 0.452. The van der Waals surface area contributed by atoms with E-state index in [1.165, 1.54) is 22.3 Å². The summed E-state index contributed by atoms with van der Waals surface area (Å²) in [5.74, 6) is 1.41. The fourth-order valence-corrected chi connectivity index (χ4v) is 2.26. The molecule has 1 heteroatoms. The number of rotatable bonds is 4. The van der Waals surface area contributed by atoms with E-state index in [1.54, 1.807) is 0 Å². The molecule has 0 aromatic heterocycles. The number of benzene rings is 2. The van der Waals surface area contributed by atoms with Gasteiger partial charge in [0.1, 0.15) is 5.75 Å². The summed E-state index contributed by atoms with van der Waals surface area (Å²) in [4.78, 5) is 0. The third-order valence-corrected chi connectivity index (χ3v) is 3.66. The normalized spacial score (nSPS) is 11.8. The molecular formula is C20H24O. The van der Waals surface area contributed by atoms with Crippen LogP contribution in [0.1, 0.15) is 48.9 Å². The summed E-state index contributed by atoms with van der Waals surface area (Å²) in [6.45, 7) is 10.6. The van der Waals surface area contributed by atoms with Crippen molar-refractivity contribution in [2.75, 3.05) is 0 Å². The smallest absolute Gasteiger partial charge is 0.130 e. The first-order chi connectivity index (χ1) is 9.97. The van der Waals surface area contributed by atoms with Gasteiger partial charge in [-0.15, -0.1) is 0 Å². The summed E-state index contributed by atoms with van der Waals surface area (Å²) >= 11 is 0. The Balaban J connectivity index is 2.24. The van der Waals surface area contributed by atoms with Gasteiger partial charge in [0.15, 0.2) is 0 Å². The van der Waals surface area contributed by atoms with E-state index in [0.717, 1.165) is 11.3 Å². The molecular weight excluding hydrogens is 256 g/mol. The summed E-state index contributed by atoms with van der Waals surface area (Å²) in [7, 11) is 0. The average molecular weight is 280 g/mol. The van der Waals surface area contributed by atoms with Gasteiger partial charge >= 0.3 is 0 Å². The molecule has 2 rings (SSSR count). The van der Waals surface area contributed by atoms with Crippen LogP contribution in [0.25, 0.3) is 5.57 Å². The van der Waals surface area contributed by atoms with Crippen molar-refractivity contribution in [3.63, 3.8) is 0 Å². The summed E-state index contributed by atoms with van der Waals surface area (Å²) < 4.78 is 5.96. The molecule has 21 heavy (non-hydrogen) atoms. The van der Waals surface area contributed by atoms with Crippen LogP contribution in [0, 0.1) is 13.8 Å². The van der Waals surface area contributed by atoms with Crippen molar-refractivity contribution < 1.29 is 4.74 Å². The molecule has 0 saturated carbocycles. The van der Waals surface area contributed by atoms with E-state index in [9.17, 15) is 0 Å². The Kier molecular flexibility index (Phi) is 4.85. The lowest BCUT2D eigenvalue weighted by Crippen LogP contribution is -1.95. The predicted octanol–water partition coefficient (Wildman–Crippen LogP) is 5.87. The van der Waals surface area contributed by atoms with Crippen LogP contribution >= 0.6 is 0 Å². The number of ether oxygens (including phenoxy) is 1. The maximum absolute atomic E-state index is 5.96. The number of hydrogen-bond donors (Lipinski definition) is 0. The van der Waals surface area contributed by atoms with Crippen molar-refractivity contribution in [2.45, 2.75) is 40.5 Å². The topological polar surface area (TPSA) is 9.23 Å². The van der Waals surface area contributed by atoms with Crippen molar-refractivity contribution in [2.24, 2.45) is 0 Å². The number of hydrogen-bond acceptors (Lipinski definition) is 1. The average Bonchev–Trinajstić information content (AvgIpc) is 2.45. The highest BCUT2D eigenvalue weighted by atomic mass is 16.5. The fourth-order valence-electron chi connectivity index (χ4n) is 2.26. The Morgan fingerprint density at radius 3 is 2.19 bits per heavy atom. The van der Waals surface area contributed by atoms with E-state index in [2.05, 4.69) is 77.1 Å². The first kappa shape index (κ1) is 15.4. The Bertz CT molecular complexity index is 633. The van der Waals surface area contributed by atoms with Gasteiger partial charge in [-0.25, -0.2) is 0 Å². The molecule has 0 fully saturated rings. The summed E-state index contributed by atoms with van der Waals surface area (Å²) in [5, 5.41) is 0. The lowest BCUT2D eigenvalue weighted by molar-refractivity contribution is 0.473. The van der Waals surface area contributed by atoms with Crippen LogP contribution < -0.4 is 4.74 Å². The third kappa shape index (κ3) is 3.98. The molecule has 0 atom stereocenters. The molecule has 0 unspecified atom stereocenters. The van der Waals surface area contributed by atoms with Gasteiger partial charge in [-0.3, -0.25) is 0 Å². The van der Waals surface area contributed by atoms with Crippen molar-refractivity contribution in [3.8, 4) is 5.75 Å². The third-order valence-electron chi connectivity index (χ3n) is 3.66. The van der Waals surface area contributed by atoms with E-state index in [1.807, 2.05) is 6.26 Å². The lowest BCUT2D eigenvalue weighted by atomic mass is 10.0. The second-order valence-electron chi connectivity index (χ2n) is 5.98. The summed E-state index contributed by atoms with van der Waals surface area (Å²) in [6.07, 6.45) is 1.85. The highest BCUT2D eigenvalue weighted by Crippen LogP contribution is 2.28. The molecule has 0 aliphatic carbocycles. The van der Waals surface area contributed by atoms with Crippen molar-refractivity contribution >= 4 is 5.57 Å². The summed E-state index contributed by atoms with van der Waals surface area (Å²) in [5.41, 5.74) is 6.06. The maximum atomic E-state index is 5.96. The Morgan fingerprint density at radius 1 is 0.952 bits per heavy atom. The second kappa shape index (κ2) is 6.62. The van der Waals surface area contributed by atoms with Gasteiger partial charge in [0, 0.05) is 0 Å². The van der Waals surface area contributed by atoms with Crippen LogP contribution in [-0.2, 0) is 0 Å². The zero-order valence-electron chi connectivity index (χ0n) is 13.6. The van der Waals surface area contributed by atoms with Crippen LogP contribution in [0.5, 0.6) is 5.75 Å². The Labute approximate surface area is 128 Å². The standard InChI is InChI=1S/C20H24O/c1-14(2)19-11-8-16(4)12-20(19)21-13-17(5)18-9-6-15(3)7-10-18/h6-14H,1-5H3/b17-13+. The van der Waals surface area contributed by atoms with Gasteiger partial charge < -0.3 is 4.74 Å². The Hall–Kier alpha value is -2.02. The van der Waals surface area contributed by atoms with Crippen molar-refractivity contribution in [3.05, 3.63) is 71.0 Å². The second-order valence-corrected chi connectivity index (χ2v) is 5.98. The molecule has 2 aromatic carbocycles. The van der Waals surface area contributed by atoms with Crippen LogP contribution in [0.2, 0.25) is 0 Å². The molecule has 0 aliphatic rings.